The first-order valence-electron chi connectivity index (χ1n) is 5.03. The summed E-state index contributed by atoms with van der Waals surface area (Å²) in [6, 6.07) is 0.574. The molecule has 72 valence electrons. The van der Waals surface area contributed by atoms with Gasteiger partial charge in [0, 0.05) is 32.2 Å². The number of hydrogen-bond acceptors (Lipinski definition) is 3. The van der Waals surface area contributed by atoms with Crippen molar-refractivity contribution in [3.8, 4) is 0 Å². The van der Waals surface area contributed by atoms with Gasteiger partial charge in [-0.15, -0.1) is 0 Å². The number of piperazine rings is 1. The summed E-state index contributed by atoms with van der Waals surface area (Å²) in [5, 5.41) is 3.37. The summed E-state index contributed by atoms with van der Waals surface area (Å²) in [6.07, 6.45) is 2.58. The zero-order chi connectivity index (χ0) is 8.81. The van der Waals surface area contributed by atoms with Crippen LogP contribution >= 0.6 is 0 Å². The molecule has 0 spiro atoms. The molecular weight excluding hydrogens is 150 g/mol. The molecule has 1 aliphatic rings. The molecule has 0 aliphatic carbocycles. The lowest BCUT2D eigenvalue weighted by Crippen LogP contribution is -2.54. The van der Waals surface area contributed by atoms with Crippen LogP contribution in [0.4, 0.5) is 0 Å². The summed E-state index contributed by atoms with van der Waals surface area (Å²) in [7, 11) is 0. The van der Waals surface area contributed by atoms with E-state index in [0.29, 0.717) is 6.04 Å². The van der Waals surface area contributed by atoms with E-state index in [2.05, 4.69) is 17.1 Å². The molecule has 0 aromatic rings. The first-order chi connectivity index (χ1) is 5.88. The molecule has 1 rings (SSSR count). The van der Waals surface area contributed by atoms with Crippen molar-refractivity contribution in [3.63, 3.8) is 0 Å². The quantitative estimate of drug-likeness (QED) is 0.626. The second kappa shape index (κ2) is 5.51. The van der Waals surface area contributed by atoms with E-state index in [1.807, 2.05) is 0 Å². The molecule has 1 unspecified atom stereocenters. The fraction of sp³-hybridized carbons (Fsp3) is 1.00. The molecule has 1 fully saturated rings. The van der Waals surface area contributed by atoms with Gasteiger partial charge in [0.2, 0.25) is 0 Å². The van der Waals surface area contributed by atoms with Crippen LogP contribution in [0.25, 0.3) is 0 Å². The van der Waals surface area contributed by atoms with Gasteiger partial charge in [-0.1, -0.05) is 13.3 Å². The Morgan fingerprint density at radius 3 is 3.08 bits per heavy atom. The van der Waals surface area contributed by atoms with Crippen LogP contribution < -0.4 is 11.1 Å². The summed E-state index contributed by atoms with van der Waals surface area (Å²) < 4.78 is 0. The van der Waals surface area contributed by atoms with Crippen LogP contribution in [0, 0.1) is 0 Å². The van der Waals surface area contributed by atoms with E-state index in [1.54, 1.807) is 0 Å². The van der Waals surface area contributed by atoms with Gasteiger partial charge >= 0.3 is 0 Å². The Labute approximate surface area is 75.3 Å². The Hall–Kier alpha value is -0.120. The minimum Gasteiger partial charge on any atom is -0.329 e. The lowest BCUT2D eigenvalue weighted by atomic mass is 10.1. The first kappa shape index (κ1) is 9.96. The molecular formula is C9H21N3. The number of rotatable bonds is 4. The number of unbranched alkanes of at least 4 members (excludes halogenated alkanes) is 1. The standard InChI is InChI=1S/C9H21N3/c1-2-3-5-12-6-4-11-8-9(12)7-10/h9,11H,2-8,10H2,1H3. The maximum absolute atomic E-state index is 5.68. The highest BCUT2D eigenvalue weighted by molar-refractivity contribution is 4.79. The number of nitrogens with one attached hydrogen (secondary N) is 1. The predicted octanol–water partition coefficient (Wildman–Crippen LogP) is 0.0190. The van der Waals surface area contributed by atoms with Crippen LogP contribution in [0.2, 0.25) is 0 Å². The second-order valence-electron chi connectivity index (χ2n) is 3.48. The van der Waals surface area contributed by atoms with Crippen LogP contribution in [0.5, 0.6) is 0 Å². The lowest BCUT2D eigenvalue weighted by molar-refractivity contribution is 0.163. The third kappa shape index (κ3) is 2.73. The summed E-state index contributed by atoms with van der Waals surface area (Å²) in [6.45, 7) is 7.61. The summed E-state index contributed by atoms with van der Waals surface area (Å²) in [5.41, 5.74) is 5.68. The Bertz CT molecular complexity index is 116. The second-order valence-corrected chi connectivity index (χ2v) is 3.48. The van der Waals surface area contributed by atoms with Crippen molar-refractivity contribution >= 4 is 0 Å². The third-order valence-corrected chi connectivity index (χ3v) is 2.54. The lowest BCUT2D eigenvalue weighted by Gasteiger charge is -2.35. The van der Waals surface area contributed by atoms with Crippen molar-refractivity contribution in [3.05, 3.63) is 0 Å². The Kier molecular flexibility index (Phi) is 4.58. The Morgan fingerprint density at radius 2 is 2.42 bits per heavy atom. The molecule has 12 heavy (non-hydrogen) atoms. The maximum Gasteiger partial charge on any atom is 0.0343 e. The fourth-order valence-corrected chi connectivity index (χ4v) is 1.69. The molecule has 0 aromatic carbocycles. The summed E-state index contributed by atoms with van der Waals surface area (Å²) in [4.78, 5) is 2.51. The maximum atomic E-state index is 5.68. The van der Waals surface area contributed by atoms with Gasteiger partial charge in [0.15, 0.2) is 0 Å². The van der Waals surface area contributed by atoms with Gasteiger partial charge in [-0.2, -0.15) is 0 Å². The molecule has 1 atom stereocenters. The minimum atomic E-state index is 0.574. The van der Waals surface area contributed by atoms with Gasteiger partial charge in [-0.25, -0.2) is 0 Å². The number of nitrogens with two attached hydrogens (primary N) is 1. The Balaban J connectivity index is 2.26. The first-order valence-corrected chi connectivity index (χ1v) is 5.03. The normalized spacial score (nSPS) is 26.0. The van der Waals surface area contributed by atoms with E-state index in [1.165, 1.54) is 25.9 Å². The molecule has 0 saturated carbocycles. The molecule has 0 aromatic heterocycles. The van der Waals surface area contributed by atoms with Crippen LogP contribution in [0.3, 0.4) is 0 Å². The van der Waals surface area contributed by atoms with Crippen LogP contribution in [-0.2, 0) is 0 Å². The highest BCUT2D eigenvalue weighted by Gasteiger charge is 2.19. The molecule has 0 bridgehead atoms. The highest BCUT2D eigenvalue weighted by atomic mass is 15.2. The van der Waals surface area contributed by atoms with Crippen molar-refractivity contribution in [2.75, 3.05) is 32.7 Å². The minimum absolute atomic E-state index is 0.574. The predicted molar refractivity (Wildman–Crippen MR) is 52.2 cm³/mol. The molecule has 0 radical (unpaired) electrons. The van der Waals surface area contributed by atoms with Gasteiger partial charge < -0.3 is 11.1 Å². The van der Waals surface area contributed by atoms with Gasteiger partial charge in [0.1, 0.15) is 0 Å². The van der Waals surface area contributed by atoms with Crippen LogP contribution in [0.1, 0.15) is 19.8 Å². The van der Waals surface area contributed by atoms with Crippen LogP contribution in [-0.4, -0.2) is 43.7 Å². The van der Waals surface area contributed by atoms with E-state index in [-0.39, 0.29) is 0 Å². The van der Waals surface area contributed by atoms with E-state index < -0.39 is 0 Å². The van der Waals surface area contributed by atoms with Gasteiger partial charge in [0.05, 0.1) is 0 Å². The highest BCUT2D eigenvalue weighted by Crippen LogP contribution is 2.03. The van der Waals surface area contributed by atoms with Crippen molar-refractivity contribution < 1.29 is 0 Å². The fourth-order valence-electron chi connectivity index (χ4n) is 1.69. The van der Waals surface area contributed by atoms with Gasteiger partial charge in [-0.05, 0) is 13.0 Å². The zero-order valence-corrected chi connectivity index (χ0v) is 8.05. The van der Waals surface area contributed by atoms with E-state index >= 15 is 0 Å². The van der Waals surface area contributed by atoms with Crippen molar-refractivity contribution in [1.82, 2.24) is 10.2 Å². The van der Waals surface area contributed by atoms with Crippen LogP contribution in [0.15, 0.2) is 0 Å². The van der Waals surface area contributed by atoms with Crippen molar-refractivity contribution in [1.29, 1.82) is 0 Å². The number of hydrogen-bond donors (Lipinski definition) is 2. The summed E-state index contributed by atoms with van der Waals surface area (Å²) in [5.74, 6) is 0. The van der Waals surface area contributed by atoms with E-state index in [0.717, 1.165) is 19.6 Å². The smallest absolute Gasteiger partial charge is 0.0343 e. The molecule has 1 aliphatic heterocycles. The number of nitrogens with zero attached hydrogens (tertiary/aromatic N) is 1. The molecule has 3 nitrogen and oxygen atoms in total. The van der Waals surface area contributed by atoms with E-state index in [9.17, 15) is 0 Å². The van der Waals surface area contributed by atoms with Gasteiger partial charge in [0.25, 0.3) is 0 Å². The third-order valence-electron chi connectivity index (χ3n) is 2.54. The molecule has 1 saturated heterocycles. The van der Waals surface area contributed by atoms with Gasteiger partial charge in [-0.3, -0.25) is 4.90 Å². The topological polar surface area (TPSA) is 41.3 Å². The monoisotopic (exact) mass is 171 g/mol. The summed E-state index contributed by atoms with van der Waals surface area (Å²) >= 11 is 0. The zero-order valence-electron chi connectivity index (χ0n) is 8.05. The van der Waals surface area contributed by atoms with E-state index in [4.69, 9.17) is 5.73 Å². The SMILES string of the molecule is CCCCN1CCNCC1CN. The van der Waals surface area contributed by atoms with Crippen molar-refractivity contribution in [2.45, 2.75) is 25.8 Å². The average Bonchev–Trinajstić information content (AvgIpc) is 2.15. The molecule has 1 heterocycles. The molecule has 0 amide bonds. The average molecular weight is 171 g/mol. The molecule has 3 heteroatoms. The largest absolute Gasteiger partial charge is 0.329 e. The molecule has 3 N–H and O–H groups in total. The van der Waals surface area contributed by atoms with Crippen molar-refractivity contribution in [2.24, 2.45) is 5.73 Å². The Morgan fingerprint density at radius 1 is 1.58 bits per heavy atom.